The number of hydrogen-bond donors (Lipinski definition) is 2. The van der Waals surface area contributed by atoms with Crippen LogP contribution in [0.2, 0.25) is 10.0 Å². The molecule has 2 N–H and O–H groups in total. The largest absolute Gasteiger partial charge is 0.386 e. The minimum atomic E-state index is -3.76. The van der Waals surface area contributed by atoms with Crippen molar-refractivity contribution in [3.05, 3.63) is 63.9 Å². The number of carbonyl (C=O) groups is 1. The third kappa shape index (κ3) is 5.65. The fourth-order valence-corrected chi connectivity index (χ4v) is 4.65. The topological polar surface area (TPSA) is 83.5 Å². The molecule has 0 aliphatic rings. The van der Waals surface area contributed by atoms with Gasteiger partial charge in [-0.15, -0.1) is 0 Å². The summed E-state index contributed by atoms with van der Waals surface area (Å²) in [6, 6.07) is 9.14. The van der Waals surface area contributed by atoms with E-state index in [0.717, 1.165) is 24.3 Å². The van der Waals surface area contributed by atoms with Crippen LogP contribution in [-0.4, -0.2) is 31.7 Å². The SMILES string of the molecule is CC(CS(=O)(=O)c1ccc(F)cc1)C(=O)NCC(O)c1c(Cl)cccc1Cl. The summed E-state index contributed by atoms with van der Waals surface area (Å²) < 4.78 is 37.6. The van der Waals surface area contributed by atoms with E-state index in [4.69, 9.17) is 23.2 Å². The van der Waals surface area contributed by atoms with Crippen LogP contribution in [-0.2, 0) is 14.6 Å². The van der Waals surface area contributed by atoms with Gasteiger partial charge in [0.05, 0.1) is 16.8 Å². The van der Waals surface area contributed by atoms with Crippen molar-refractivity contribution in [3.63, 3.8) is 0 Å². The van der Waals surface area contributed by atoms with Gasteiger partial charge in [-0.2, -0.15) is 0 Å². The zero-order chi connectivity index (χ0) is 20.2. The number of hydrogen-bond acceptors (Lipinski definition) is 4. The second-order valence-electron chi connectivity index (χ2n) is 6.03. The molecule has 27 heavy (non-hydrogen) atoms. The van der Waals surface area contributed by atoms with Gasteiger partial charge in [-0.25, -0.2) is 12.8 Å². The average Bonchev–Trinajstić information content (AvgIpc) is 2.59. The van der Waals surface area contributed by atoms with E-state index >= 15 is 0 Å². The Hall–Kier alpha value is -1.67. The summed E-state index contributed by atoms with van der Waals surface area (Å²) >= 11 is 12.0. The van der Waals surface area contributed by atoms with Gasteiger partial charge in [-0.1, -0.05) is 36.2 Å². The first-order chi connectivity index (χ1) is 12.6. The van der Waals surface area contributed by atoms with E-state index in [-0.39, 0.29) is 27.0 Å². The maximum atomic E-state index is 12.9. The van der Waals surface area contributed by atoms with Gasteiger partial charge in [0.2, 0.25) is 5.91 Å². The second-order valence-corrected chi connectivity index (χ2v) is 8.88. The predicted octanol–water partition coefficient (Wildman–Crippen LogP) is 3.39. The molecule has 0 aliphatic heterocycles. The van der Waals surface area contributed by atoms with Gasteiger partial charge in [0.1, 0.15) is 5.82 Å². The third-order valence-electron chi connectivity index (χ3n) is 3.89. The smallest absolute Gasteiger partial charge is 0.223 e. The van der Waals surface area contributed by atoms with Crippen molar-refractivity contribution in [2.45, 2.75) is 17.9 Å². The summed E-state index contributed by atoms with van der Waals surface area (Å²) in [6.45, 7) is 1.27. The number of benzene rings is 2. The van der Waals surface area contributed by atoms with Crippen LogP contribution >= 0.6 is 23.2 Å². The van der Waals surface area contributed by atoms with Crippen molar-refractivity contribution in [1.82, 2.24) is 5.32 Å². The first-order valence-electron chi connectivity index (χ1n) is 8.00. The van der Waals surface area contributed by atoms with Crippen molar-refractivity contribution in [2.24, 2.45) is 5.92 Å². The highest BCUT2D eigenvalue weighted by atomic mass is 35.5. The lowest BCUT2D eigenvalue weighted by Gasteiger charge is -2.17. The van der Waals surface area contributed by atoms with E-state index < -0.39 is 39.3 Å². The van der Waals surface area contributed by atoms with Crippen molar-refractivity contribution in [1.29, 1.82) is 0 Å². The molecule has 0 aliphatic carbocycles. The van der Waals surface area contributed by atoms with Crippen molar-refractivity contribution in [3.8, 4) is 0 Å². The number of amides is 1. The molecule has 2 rings (SSSR count). The first-order valence-corrected chi connectivity index (χ1v) is 10.4. The Kier molecular flexibility index (Phi) is 7.22. The highest BCUT2D eigenvalue weighted by Gasteiger charge is 2.24. The van der Waals surface area contributed by atoms with Gasteiger partial charge in [-0.3, -0.25) is 4.79 Å². The Balaban J connectivity index is 1.98. The van der Waals surface area contributed by atoms with Crippen LogP contribution in [0.4, 0.5) is 4.39 Å². The summed E-state index contributed by atoms with van der Waals surface area (Å²) in [5.74, 6) is -2.43. The summed E-state index contributed by atoms with van der Waals surface area (Å²) in [5.41, 5.74) is 0.285. The van der Waals surface area contributed by atoms with E-state index in [0.29, 0.717) is 0 Å². The minimum absolute atomic E-state index is 0.0635. The summed E-state index contributed by atoms with van der Waals surface area (Å²) in [4.78, 5) is 12.1. The molecule has 2 unspecified atom stereocenters. The molecule has 0 aromatic heterocycles. The molecule has 0 spiro atoms. The molecule has 5 nitrogen and oxygen atoms in total. The lowest BCUT2D eigenvalue weighted by Crippen LogP contribution is -2.35. The van der Waals surface area contributed by atoms with Crippen LogP contribution in [0.5, 0.6) is 0 Å². The Bertz CT molecular complexity index is 899. The number of rotatable bonds is 7. The summed E-state index contributed by atoms with van der Waals surface area (Å²) in [6.07, 6.45) is -1.14. The Labute approximate surface area is 167 Å². The van der Waals surface area contributed by atoms with Gasteiger partial charge in [0, 0.05) is 28.1 Å². The number of aliphatic hydroxyl groups excluding tert-OH is 1. The second kappa shape index (κ2) is 9.01. The first kappa shape index (κ1) is 21.6. The van der Waals surface area contributed by atoms with E-state index in [1.54, 1.807) is 18.2 Å². The standard InChI is InChI=1S/C18H18Cl2FNO4S/c1-11(10-27(25,26)13-7-5-12(21)6-8-13)18(24)22-9-16(23)17-14(19)3-2-4-15(17)20/h2-8,11,16,23H,9-10H2,1H3,(H,22,24). The quantitative estimate of drug-likeness (QED) is 0.655. The van der Waals surface area contributed by atoms with E-state index in [1.807, 2.05) is 0 Å². The van der Waals surface area contributed by atoms with E-state index in [1.165, 1.54) is 6.92 Å². The molecule has 1 amide bonds. The molecular weight excluding hydrogens is 416 g/mol. The lowest BCUT2D eigenvalue weighted by molar-refractivity contribution is -0.124. The molecule has 0 saturated heterocycles. The molecule has 0 radical (unpaired) electrons. The van der Waals surface area contributed by atoms with Gasteiger partial charge < -0.3 is 10.4 Å². The molecule has 0 heterocycles. The van der Waals surface area contributed by atoms with Crippen molar-refractivity contribution < 1.29 is 22.7 Å². The maximum Gasteiger partial charge on any atom is 0.223 e. The molecule has 9 heteroatoms. The maximum absolute atomic E-state index is 12.9. The predicted molar refractivity (Wildman–Crippen MR) is 102 cm³/mol. The van der Waals surface area contributed by atoms with E-state index in [2.05, 4.69) is 5.32 Å². The number of aliphatic hydroxyl groups is 1. The molecule has 2 aromatic rings. The van der Waals surface area contributed by atoms with Gasteiger partial charge in [-0.05, 0) is 36.4 Å². The van der Waals surface area contributed by atoms with Gasteiger partial charge in [0.25, 0.3) is 0 Å². The van der Waals surface area contributed by atoms with Crippen LogP contribution in [0.3, 0.4) is 0 Å². The Morgan fingerprint density at radius 3 is 2.26 bits per heavy atom. The summed E-state index contributed by atoms with van der Waals surface area (Å²) in [7, 11) is -3.76. The fourth-order valence-electron chi connectivity index (χ4n) is 2.45. The molecular formula is C18H18Cl2FNO4S. The van der Waals surface area contributed by atoms with Crippen LogP contribution < -0.4 is 5.32 Å². The number of carbonyl (C=O) groups excluding carboxylic acids is 1. The Morgan fingerprint density at radius 2 is 1.70 bits per heavy atom. The number of nitrogens with one attached hydrogen (secondary N) is 1. The van der Waals surface area contributed by atoms with Gasteiger partial charge in [0.15, 0.2) is 9.84 Å². The fraction of sp³-hybridized carbons (Fsp3) is 0.278. The zero-order valence-corrected chi connectivity index (χ0v) is 16.7. The molecule has 0 fully saturated rings. The average molecular weight is 434 g/mol. The molecule has 2 aromatic carbocycles. The molecule has 2 atom stereocenters. The van der Waals surface area contributed by atoms with Crippen LogP contribution in [0.1, 0.15) is 18.6 Å². The van der Waals surface area contributed by atoms with Crippen LogP contribution in [0, 0.1) is 11.7 Å². The molecule has 146 valence electrons. The Morgan fingerprint density at radius 1 is 1.15 bits per heavy atom. The molecule has 0 saturated carbocycles. The normalized spacial score (nSPS) is 13.8. The monoisotopic (exact) mass is 433 g/mol. The highest BCUT2D eigenvalue weighted by Crippen LogP contribution is 2.29. The number of halogens is 3. The lowest BCUT2D eigenvalue weighted by atomic mass is 10.1. The zero-order valence-electron chi connectivity index (χ0n) is 14.3. The number of sulfone groups is 1. The molecule has 0 bridgehead atoms. The highest BCUT2D eigenvalue weighted by molar-refractivity contribution is 7.91. The minimum Gasteiger partial charge on any atom is -0.386 e. The van der Waals surface area contributed by atoms with Gasteiger partial charge >= 0.3 is 0 Å². The van der Waals surface area contributed by atoms with Crippen LogP contribution in [0.25, 0.3) is 0 Å². The van der Waals surface area contributed by atoms with Crippen LogP contribution in [0.15, 0.2) is 47.4 Å². The van der Waals surface area contributed by atoms with E-state index in [9.17, 15) is 22.7 Å². The van der Waals surface area contributed by atoms with Crippen molar-refractivity contribution >= 4 is 38.9 Å². The van der Waals surface area contributed by atoms with Crippen molar-refractivity contribution in [2.75, 3.05) is 12.3 Å². The summed E-state index contributed by atoms with van der Waals surface area (Å²) in [5, 5.41) is 13.2. The third-order valence-corrected chi connectivity index (χ3v) is 6.48.